The van der Waals surface area contributed by atoms with Crippen LogP contribution in [0.2, 0.25) is 0 Å². The second kappa shape index (κ2) is 22.0. The van der Waals surface area contributed by atoms with Crippen molar-refractivity contribution in [2.24, 2.45) is 11.8 Å². The van der Waals surface area contributed by atoms with Gasteiger partial charge in [0, 0.05) is 31.1 Å². The van der Waals surface area contributed by atoms with E-state index >= 15 is 0 Å². The fraction of sp³-hybridized carbons (Fsp3) is 0.839. The van der Waals surface area contributed by atoms with E-state index in [4.69, 9.17) is 9.47 Å². The molecule has 8 heteroatoms. The van der Waals surface area contributed by atoms with Crippen molar-refractivity contribution in [2.75, 3.05) is 13.2 Å². The lowest BCUT2D eigenvalue weighted by atomic mass is 9.88. The van der Waals surface area contributed by atoms with E-state index in [1.165, 1.54) is 0 Å². The summed E-state index contributed by atoms with van der Waals surface area (Å²) in [6.45, 7) is 3.88. The molecular weight excluding hydrogens is 500 g/mol. The van der Waals surface area contributed by atoms with Gasteiger partial charge in [-0.25, -0.2) is 0 Å². The number of rotatable bonds is 23. The van der Waals surface area contributed by atoms with Crippen molar-refractivity contribution in [1.29, 1.82) is 0 Å². The van der Waals surface area contributed by atoms with Crippen LogP contribution < -0.4 is 0 Å². The van der Waals surface area contributed by atoms with E-state index in [-0.39, 0.29) is 49.6 Å². The monoisotopic (exact) mass is 554 g/mol. The number of carbonyl (C=O) groups excluding carboxylic acids is 3. The number of aliphatic hydroxyl groups excluding tert-OH is 3. The molecule has 0 amide bonds. The topological polar surface area (TPSA) is 130 Å². The van der Waals surface area contributed by atoms with Crippen LogP contribution in [0.5, 0.6) is 0 Å². The van der Waals surface area contributed by atoms with E-state index in [2.05, 4.69) is 13.8 Å². The molecule has 0 aromatic carbocycles. The Labute approximate surface area is 235 Å². The minimum Gasteiger partial charge on any atom is -0.463 e. The predicted molar refractivity (Wildman–Crippen MR) is 151 cm³/mol. The molecule has 0 bridgehead atoms. The van der Waals surface area contributed by atoms with Crippen molar-refractivity contribution in [3.63, 3.8) is 0 Å². The molecule has 1 aliphatic carbocycles. The van der Waals surface area contributed by atoms with Crippen LogP contribution in [-0.2, 0) is 23.9 Å². The number of hydrogen-bond acceptors (Lipinski definition) is 8. The highest BCUT2D eigenvalue weighted by Crippen LogP contribution is 2.34. The summed E-state index contributed by atoms with van der Waals surface area (Å²) in [6.07, 6.45) is 14.9. The van der Waals surface area contributed by atoms with E-state index in [0.29, 0.717) is 25.7 Å². The minimum atomic E-state index is -1.03. The largest absolute Gasteiger partial charge is 0.463 e. The Morgan fingerprint density at radius 2 is 1.38 bits per heavy atom. The first-order chi connectivity index (χ1) is 18.8. The van der Waals surface area contributed by atoms with Crippen molar-refractivity contribution < 1.29 is 39.2 Å². The quantitative estimate of drug-likeness (QED) is 0.0893. The molecule has 1 fully saturated rings. The number of ketones is 1. The SMILES string of the molecule is CCCCCCCC(=O)OC[C@@H](O)COC(=O)CCCCCC[C@H]1C(=O)C[C@@H](O)[C@@H]1/C=C/[C@@H](O)CCCCC. The second-order valence-electron chi connectivity index (χ2n) is 11.0. The summed E-state index contributed by atoms with van der Waals surface area (Å²) in [5, 5.41) is 30.4. The molecule has 0 heterocycles. The molecule has 0 aromatic heterocycles. The lowest BCUT2D eigenvalue weighted by molar-refractivity contribution is -0.152. The molecule has 0 aliphatic heterocycles. The van der Waals surface area contributed by atoms with Gasteiger partial charge in [-0.1, -0.05) is 90.2 Å². The molecular formula is C31H54O8. The van der Waals surface area contributed by atoms with Gasteiger partial charge in [-0.2, -0.15) is 0 Å². The number of aliphatic hydroxyl groups is 3. The van der Waals surface area contributed by atoms with Crippen molar-refractivity contribution in [2.45, 2.75) is 141 Å². The zero-order chi connectivity index (χ0) is 28.9. The lowest BCUT2D eigenvalue weighted by Gasteiger charge is -2.18. The highest BCUT2D eigenvalue weighted by molar-refractivity contribution is 5.84. The molecule has 0 unspecified atom stereocenters. The van der Waals surface area contributed by atoms with Gasteiger partial charge in [0.1, 0.15) is 25.1 Å². The highest BCUT2D eigenvalue weighted by Gasteiger charge is 2.39. The molecule has 0 spiro atoms. The predicted octanol–water partition coefficient (Wildman–Crippen LogP) is 5.20. The number of hydrogen-bond donors (Lipinski definition) is 3. The summed E-state index contributed by atoms with van der Waals surface area (Å²) in [6, 6.07) is 0. The third kappa shape index (κ3) is 16.8. The Morgan fingerprint density at radius 3 is 1.97 bits per heavy atom. The normalized spacial score (nSPS) is 20.8. The summed E-state index contributed by atoms with van der Waals surface area (Å²) in [4.78, 5) is 36.0. The van der Waals surface area contributed by atoms with E-state index in [1.54, 1.807) is 6.08 Å². The molecule has 1 rings (SSSR count). The molecule has 0 saturated heterocycles. The van der Waals surface area contributed by atoms with Gasteiger partial charge in [0.05, 0.1) is 12.2 Å². The summed E-state index contributed by atoms with van der Waals surface area (Å²) in [7, 11) is 0. The number of unbranched alkanes of at least 4 members (excludes halogenated alkanes) is 9. The van der Waals surface area contributed by atoms with Gasteiger partial charge in [-0.3, -0.25) is 14.4 Å². The molecule has 39 heavy (non-hydrogen) atoms. The van der Waals surface area contributed by atoms with Crippen LogP contribution in [0.25, 0.3) is 0 Å². The number of carbonyl (C=O) groups is 3. The number of esters is 2. The van der Waals surface area contributed by atoms with Crippen molar-refractivity contribution >= 4 is 17.7 Å². The van der Waals surface area contributed by atoms with Gasteiger partial charge in [-0.05, 0) is 25.7 Å². The molecule has 1 saturated carbocycles. The van der Waals surface area contributed by atoms with E-state index in [9.17, 15) is 29.7 Å². The summed E-state index contributed by atoms with van der Waals surface area (Å²) < 4.78 is 10.1. The standard InChI is InChI=1S/C31H54O8/c1-3-5-7-8-13-17-30(36)38-22-25(33)23-39-31(37)18-14-10-9-12-16-26-27(29(35)21-28(26)34)20-19-24(32)15-11-6-4-2/h19-20,24-27,29,32-33,35H,3-18,21-23H2,1-2H3/b20-19+/t24-,25+,26+,27+,29+/m0/s1. The molecule has 1 aliphatic rings. The summed E-state index contributed by atoms with van der Waals surface area (Å²) in [5.41, 5.74) is 0. The third-order valence-corrected chi connectivity index (χ3v) is 7.40. The summed E-state index contributed by atoms with van der Waals surface area (Å²) in [5.74, 6) is -1.12. The van der Waals surface area contributed by atoms with Gasteiger partial charge in [0.25, 0.3) is 0 Å². The summed E-state index contributed by atoms with van der Waals surface area (Å²) >= 11 is 0. The first-order valence-electron chi connectivity index (χ1n) is 15.3. The van der Waals surface area contributed by atoms with Gasteiger partial charge in [0.15, 0.2) is 0 Å². The van der Waals surface area contributed by atoms with E-state index < -0.39 is 24.3 Å². The fourth-order valence-electron chi connectivity index (χ4n) is 4.98. The highest BCUT2D eigenvalue weighted by atomic mass is 16.6. The van der Waals surface area contributed by atoms with Gasteiger partial charge in [-0.15, -0.1) is 0 Å². The Kier molecular flexibility index (Phi) is 19.9. The second-order valence-corrected chi connectivity index (χ2v) is 11.0. The van der Waals surface area contributed by atoms with Crippen LogP contribution in [0.4, 0.5) is 0 Å². The maximum Gasteiger partial charge on any atom is 0.305 e. The number of Topliss-reactive ketones (excluding diaryl/α,β-unsaturated/α-hetero) is 1. The molecule has 0 radical (unpaired) electrons. The molecule has 3 N–H and O–H groups in total. The third-order valence-electron chi connectivity index (χ3n) is 7.40. The molecule has 8 nitrogen and oxygen atoms in total. The lowest BCUT2D eigenvalue weighted by Crippen LogP contribution is -2.25. The molecule has 226 valence electrons. The van der Waals surface area contributed by atoms with E-state index in [0.717, 1.165) is 70.6 Å². The Hall–Kier alpha value is -1.77. The maximum absolute atomic E-state index is 12.4. The van der Waals surface area contributed by atoms with Crippen LogP contribution in [-0.4, -0.2) is 64.6 Å². The first kappa shape index (κ1) is 35.3. The smallest absolute Gasteiger partial charge is 0.305 e. The average molecular weight is 555 g/mol. The van der Waals surface area contributed by atoms with Gasteiger partial charge >= 0.3 is 11.9 Å². The Morgan fingerprint density at radius 1 is 0.846 bits per heavy atom. The van der Waals surface area contributed by atoms with Crippen LogP contribution in [0, 0.1) is 11.8 Å². The van der Waals surface area contributed by atoms with Crippen LogP contribution in [0.1, 0.15) is 123 Å². The van der Waals surface area contributed by atoms with Crippen LogP contribution in [0.15, 0.2) is 12.2 Å². The van der Waals surface area contributed by atoms with Gasteiger partial charge < -0.3 is 24.8 Å². The molecule has 0 aromatic rings. The first-order valence-corrected chi connectivity index (χ1v) is 15.3. The van der Waals surface area contributed by atoms with Gasteiger partial charge in [0.2, 0.25) is 0 Å². The van der Waals surface area contributed by atoms with Crippen molar-refractivity contribution in [1.82, 2.24) is 0 Å². The van der Waals surface area contributed by atoms with Crippen LogP contribution >= 0.6 is 0 Å². The zero-order valence-electron chi connectivity index (χ0n) is 24.4. The Bertz CT molecular complexity index is 707. The average Bonchev–Trinajstić information content (AvgIpc) is 3.18. The Balaban J connectivity index is 2.15. The fourth-order valence-corrected chi connectivity index (χ4v) is 4.98. The minimum absolute atomic E-state index is 0.0809. The van der Waals surface area contributed by atoms with Crippen molar-refractivity contribution in [3.05, 3.63) is 12.2 Å². The van der Waals surface area contributed by atoms with Crippen LogP contribution in [0.3, 0.4) is 0 Å². The zero-order valence-corrected chi connectivity index (χ0v) is 24.4. The molecule has 5 atom stereocenters. The maximum atomic E-state index is 12.4. The van der Waals surface area contributed by atoms with Crippen molar-refractivity contribution in [3.8, 4) is 0 Å². The number of ether oxygens (including phenoxy) is 2. The van der Waals surface area contributed by atoms with E-state index in [1.807, 2.05) is 6.08 Å².